The second-order valence-electron chi connectivity index (χ2n) is 5.12. The summed E-state index contributed by atoms with van der Waals surface area (Å²) in [6.45, 7) is 8.69. The molecule has 1 aliphatic rings. The molecule has 0 amide bonds. The van der Waals surface area contributed by atoms with Crippen molar-refractivity contribution in [1.82, 2.24) is 4.90 Å². The van der Waals surface area contributed by atoms with Crippen LogP contribution < -0.4 is 0 Å². The first-order valence-electron chi connectivity index (χ1n) is 6.49. The van der Waals surface area contributed by atoms with E-state index in [1.165, 1.54) is 36.2 Å². The number of aryl methyl sites for hydroxylation is 2. The number of hydrogen-bond donors (Lipinski definition) is 0. The van der Waals surface area contributed by atoms with Crippen LogP contribution in [-0.2, 0) is 4.74 Å². The Balaban J connectivity index is 1.97. The van der Waals surface area contributed by atoms with E-state index < -0.39 is 0 Å². The average molecular weight is 233 g/mol. The maximum Gasteiger partial charge on any atom is 0.0589 e. The van der Waals surface area contributed by atoms with Crippen molar-refractivity contribution in [2.75, 3.05) is 33.4 Å². The highest BCUT2D eigenvalue weighted by Gasteiger charge is 2.23. The third kappa shape index (κ3) is 3.08. The lowest BCUT2D eigenvalue weighted by Gasteiger charge is -2.16. The molecule has 0 N–H and O–H groups in total. The highest BCUT2D eigenvalue weighted by atomic mass is 16.5. The molecule has 0 aliphatic carbocycles. The van der Waals surface area contributed by atoms with Crippen LogP contribution in [0.25, 0.3) is 0 Å². The molecule has 2 nitrogen and oxygen atoms in total. The molecule has 2 rings (SSSR count). The van der Waals surface area contributed by atoms with Crippen LogP contribution in [0.5, 0.6) is 0 Å². The monoisotopic (exact) mass is 233 g/mol. The highest BCUT2D eigenvalue weighted by Crippen LogP contribution is 2.28. The summed E-state index contributed by atoms with van der Waals surface area (Å²) in [7, 11) is 1.77. The standard InChI is InChI=1S/C15H23NO/c1-12-4-5-14(10-13(12)2)15-6-7-16(11-15)8-9-17-3/h4-5,10,15H,6-9,11H2,1-3H3. The zero-order valence-corrected chi connectivity index (χ0v) is 11.2. The maximum atomic E-state index is 5.14. The molecule has 1 unspecified atom stereocenters. The van der Waals surface area contributed by atoms with E-state index in [0.29, 0.717) is 5.92 Å². The summed E-state index contributed by atoms with van der Waals surface area (Å²) in [5.41, 5.74) is 4.31. The SMILES string of the molecule is COCCN1CCC(c2ccc(C)c(C)c2)C1. The van der Waals surface area contributed by atoms with Gasteiger partial charge in [-0.15, -0.1) is 0 Å². The van der Waals surface area contributed by atoms with Crippen molar-refractivity contribution in [2.24, 2.45) is 0 Å². The Morgan fingerprint density at radius 3 is 2.82 bits per heavy atom. The molecule has 1 aromatic carbocycles. The van der Waals surface area contributed by atoms with Crippen molar-refractivity contribution in [3.05, 3.63) is 34.9 Å². The maximum absolute atomic E-state index is 5.14. The van der Waals surface area contributed by atoms with Crippen LogP contribution in [0.4, 0.5) is 0 Å². The number of benzene rings is 1. The first-order chi connectivity index (χ1) is 8.20. The molecule has 2 heteroatoms. The lowest BCUT2D eigenvalue weighted by molar-refractivity contribution is 0.160. The lowest BCUT2D eigenvalue weighted by Crippen LogP contribution is -2.24. The van der Waals surface area contributed by atoms with Gasteiger partial charge in [-0.05, 0) is 49.4 Å². The highest BCUT2D eigenvalue weighted by molar-refractivity contribution is 5.32. The fraction of sp³-hybridized carbons (Fsp3) is 0.600. The minimum Gasteiger partial charge on any atom is -0.383 e. The Morgan fingerprint density at radius 1 is 1.29 bits per heavy atom. The van der Waals surface area contributed by atoms with Crippen molar-refractivity contribution in [3.8, 4) is 0 Å². The zero-order valence-electron chi connectivity index (χ0n) is 11.2. The van der Waals surface area contributed by atoms with E-state index in [1.54, 1.807) is 7.11 Å². The summed E-state index contributed by atoms with van der Waals surface area (Å²) in [5, 5.41) is 0. The topological polar surface area (TPSA) is 12.5 Å². The number of nitrogens with zero attached hydrogens (tertiary/aromatic N) is 1. The van der Waals surface area contributed by atoms with Crippen molar-refractivity contribution in [3.63, 3.8) is 0 Å². The van der Waals surface area contributed by atoms with Gasteiger partial charge in [0.15, 0.2) is 0 Å². The second kappa shape index (κ2) is 5.65. The Morgan fingerprint density at radius 2 is 2.12 bits per heavy atom. The molecule has 17 heavy (non-hydrogen) atoms. The molecule has 94 valence electrons. The summed E-state index contributed by atoms with van der Waals surface area (Å²) in [5.74, 6) is 0.714. The quantitative estimate of drug-likeness (QED) is 0.793. The molecule has 0 bridgehead atoms. The van der Waals surface area contributed by atoms with Gasteiger partial charge in [-0.1, -0.05) is 18.2 Å². The van der Waals surface area contributed by atoms with Gasteiger partial charge in [0.1, 0.15) is 0 Å². The van der Waals surface area contributed by atoms with E-state index in [-0.39, 0.29) is 0 Å². The molecule has 1 saturated heterocycles. The van der Waals surface area contributed by atoms with Crippen LogP contribution in [0.2, 0.25) is 0 Å². The van der Waals surface area contributed by atoms with Gasteiger partial charge in [0.25, 0.3) is 0 Å². The summed E-state index contributed by atoms with van der Waals surface area (Å²) < 4.78 is 5.14. The van der Waals surface area contributed by atoms with E-state index in [4.69, 9.17) is 4.74 Å². The number of hydrogen-bond acceptors (Lipinski definition) is 2. The van der Waals surface area contributed by atoms with Gasteiger partial charge in [0.05, 0.1) is 6.61 Å². The van der Waals surface area contributed by atoms with Gasteiger partial charge >= 0.3 is 0 Å². The van der Waals surface area contributed by atoms with Gasteiger partial charge < -0.3 is 9.64 Å². The number of ether oxygens (including phenoxy) is 1. The molecule has 1 atom stereocenters. The number of rotatable bonds is 4. The second-order valence-corrected chi connectivity index (χ2v) is 5.12. The van der Waals surface area contributed by atoms with E-state index in [1.807, 2.05) is 0 Å². The van der Waals surface area contributed by atoms with Crippen LogP contribution in [0.15, 0.2) is 18.2 Å². The molecule has 1 aromatic rings. The first-order valence-corrected chi connectivity index (χ1v) is 6.49. The van der Waals surface area contributed by atoms with Gasteiger partial charge in [-0.25, -0.2) is 0 Å². The molecule has 0 saturated carbocycles. The average Bonchev–Trinajstić information content (AvgIpc) is 2.79. The Bertz CT molecular complexity index is 375. The Kier molecular flexibility index (Phi) is 4.19. The van der Waals surface area contributed by atoms with Gasteiger partial charge in [0.2, 0.25) is 0 Å². The minimum atomic E-state index is 0.714. The first kappa shape index (κ1) is 12.6. The predicted molar refractivity (Wildman–Crippen MR) is 71.6 cm³/mol. The van der Waals surface area contributed by atoms with Crippen molar-refractivity contribution >= 4 is 0 Å². The van der Waals surface area contributed by atoms with Crippen molar-refractivity contribution in [1.29, 1.82) is 0 Å². The molecular formula is C15H23NO. The third-order valence-electron chi connectivity index (χ3n) is 3.89. The van der Waals surface area contributed by atoms with Crippen molar-refractivity contribution < 1.29 is 4.74 Å². The molecule has 0 aromatic heterocycles. The van der Waals surface area contributed by atoms with Crippen LogP contribution in [0, 0.1) is 13.8 Å². The number of methoxy groups -OCH3 is 1. The normalized spacial score (nSPS) is 21.0. The lowest BCUT2D eigenvalue weighted by atomic mass is 9.95. The van der Waals surface area contributed by atoms with Crippen LogP contribution in [-0.4, -0.2) is 38.3 Å². The molecule has 1 fully saturated rings. The smallest absolute Gasteiger partial charge is 0.0589 e. The zero-order chi connectivity index (χ0) is 12.3. The summed E-state index contributed by atoms with van der Waals surface area (Å²) >= 11 is 0. The van der Waals surface area contributed by atoms with Gasteiger partial charge in [0, 0.05) is 20.2 Å². The van der Waals surface area contributed by atoms with Gasteiger partial charge in [-0.3, -0.25) is 0 Å². The summed E-state index contributed by atoms with van der Waals surface area (Å²) in [4.78, 5) is 2.50. The van der Waals surface area contributed by atoms with Gasteiger partial charge in [-0.2, -0.15) is 0 Å². The van der Waals surface area contributed by atoms with Crippen LogP contribution >= 0.6 is 0 Å². The largest absolute Gasteiger partial charge is 0.383 e. The fourth-order valence-electron chi connectivity index (χ4n) is 2.55. The molecule has 0 radical (unpaired) electrons. The van der Waals surface area contributed by atoms with Crippen molar-refractivity contribution in [2.45, 2.75) is 26.2 Å². The van der Waals surface area contributed by atoms with E-state index in [0.717, 1.165) is 13.2 Å². The van der Waals surface area contributed by atoms with E-state index in [2.05, 4.69) is 36.9 Å². The van der Waals surface area contributed by atoms with E-state index in [9.17, 15) is 0 Å². The Labute approximate surface area is 105 Å². The molecule has 1 heterocycles. The van der Waals surface area contributed by atoms with Crippen LogP contribution in [0.1, 0.15) is 29.0 Å². The third-order valence-corrected chi connectivity index (χ3v) is 3.89. The summed E-state index contributed by atoms with van der Waals surface area (Å²) in [6.07, 6.45) is 1.28. The predicted octanol–water partition coefficient (Wildman–Crippen LogP) is 2.74. The summed E-state index contributed by atoms with van der Waals surface area (Å²) in [6, 6.07) is 6.91. The Hall–Kier alpha value is -0.860. The molecular weight excluding hydrogens is 210 g/mol. The van der Waals surface area contributed by atoms with Crippen LogP contribution in [0.3, 0.4) is 0 Å². The minimum absolute atomic E-state index is 0.714. The fourth-order valence-corrected chi connectivity index (χ4v) is 2.55. The molecule has 1 aliphatic heterocycles. The van der Waals surface area contributed by atoms with E-state index >= 15 is 0 Å². The number of likely N-dealkylation sites (tertiary alicyclic amines) is 1. The molecule has 0 spiro atoms.